The molecule has 1 saturated heterocycles. The number of carbonyl (C=O) groups is 1. The molecule has 4 nitrogen and oxygen atoms in total. The van der Waals surface area contributed by atoms with Crippen molar-refractivity contribution < 1.29 is 9.53 Å². The highest BCUT2D eigenvalue weighted by Gasteiger charge is 2.46. The van der Waals surface area contributed by atoms with E-state index in [0.717, 1.165) is 24.9 Å². The first-order chi connectivity index (χ1) is 10.7. The molecule has 2 bridgehead atoms. The number of ether oxygens (including phenoxy) is 1. The Morgan fingerprint density at radius 3 is 3.00 bits per heavy atom. The minimum absolute atomic E-state index is 0.105. The van der Waals surface area contributed by atoms with E-state index in [0.29, 0.717) is 17.9 Å². The topological polar surface area (TPSA) is 43.3 Å². The molecule has 1 aromatic heterocycles. The van der Waals surface area contributed by atoms with Crippen molar-refractivity contribution in [1.29, 1.82) is 0 Å². The standard InChI is InChI=1S/C18H22N2O2/c1-3-11-10-19-14-9-13(11)17(18(21)22-2)20-15-7-5-4-6-12(15)8-16(14)20/h4-8,11,13-14,17,19H,3,9-10H2,1-2H3/t11?,13-,14-,17+/m0/s1. The summed E-state index contributed by atoms with van der Waals surface area (Å²) in [5, 5.41) is 4.88. The molecule has 116 valence electrons. The molecule has 4 heteroatoms. The number of aromatic nitrogens is 1. The van der Waals surface area contributed by atoms with Gasteiger partial charge in [-0.15, -0.1) is 0 Å². The fourth-order valence-corrected chi connectivity index (χ4v) is 4.42. The summed E-state index contributed by atoms with van der Waals surface area (Å²) in [6.07, 6.45) is 2.11. The fourth-order valence-electron chi connectivity index (χ4n) is 4.42. The van der Waals surface area contributed by atoms with Crippen LogP contribution in [0.3, 0.4) is 0 Å². The first kappa shape index (κ1) is 13.8. The Bertz CT molecular complexity index is 721. The molecule has 1 aromatic carbocycles. The summed E-state index contributed by atoms with van der Waals surface area (Å²) in [5.74, 6) is 0.771. The largest absolute Gasteiger partial charge is 0.467 e. The molecule has 1 N–H and O–H groups in total. The van der Waals surface area contributed by atoms with Gasteiger partial charge in [-0.3, -0.25) is 0 Å². The van der Waals surface area contributed by atoms with Gasteiger partial charge in [0.05, 0.1) is 7.11 Å². The van der Waals surface area contributed by atoms with Gasteiger partial charge >= 0.3 is 5.97 Å². The zero-order valence-electron chi connectivity index (χ0n) is 13.1. The zero-order valence-corrected chi connectivity index (χ0v) is 13.1. The quantitative estimate of drug-likeness (QED) is 0.867. The third kappa shape index (κ3) is 1.83. The molecular formula is C18H22N2O2. The van der Waals surface area contributed by atoms with Gasteiger partial charge in [0.25, 0.3) is 0 Å². The summed E-state index contributed by atoms with van der Waals surface area (Å²) in [6, 6.07) is 10.7. The highest BCUT2D eigenvalue weighted by atomic mass is 16.5. The van der Waals surface area contributed by atoms with Crippen LogP contribution in [0.5, 0.6) is 0 Å². The Hall–Kier alpha value is -1.81. The monoisotopic (exact) mass is 298 g/mol. The molecular weight excluding hydrogens is 276 g/mol. The normalized spacial score (nSPS) is 30.1. The van der Waals surface area contributed by atoms with Gasteiger partial charge in [-0.1, -0.05) is 31.5 Å². The summed E-state index contributed by atoms with van der Waals surface area (Å²) in [4.78, 5) is 12.6. The van der Waals surface area contributed by atoms with Crippen LogP contribution in [-0.4, -0.2) is 24.2 Å². The van der Waals surface area contributed by atoms with Crippen molar-refractivity contribution in [2.75, 3.05) is 13.7 Å². The van der Waals surface area contributed by atoms with Gasteiger partial charge in [0, 0.05) is 17.3 Å². The molecule has 22 heavy (non-hydrogen) atoms. The van der Waals surface area contributed by atoms with E-state index >= 15 is 0 Å². The van der Waals surface area contributed by atoms with Crippen molar-refractivity contribution in [3.8, 4) is 0 Å². The lowest BCUT2D eigenvalue weighted by Crippen LogP contribution is -2.49. The van der Waals surface area contributed by atoms with E-state index < -0.39 is 0 Å². The van der Waals surface area contributed by atoms with E-state index in [1.807, 2.05) is 6.07 Å². The van der Waals surface area contributed by atoms with Gasteiger partial charge < -0.3 is 14.6 Å². The lowest BCUT2D eigenvalue weighted by molar-refractivity contribution is -0.148. The summed E-state index contributed by atoms with van der Waals surface area (Å²) < 4.78 is 7.40. The molecule has 1 unspecified atom stereocenters. The molecule has 1 fully saturated rings. The van der Waals surface area contributed by atoms with Gasteiger partial charge in [0.15, 0.2) is 0 Å². The van der Waals surface area contributed by atoms with Gasteiger partial charge in [-0.05, 0) is 42.3 Å². The first-order valence-electron chi connectivity index (χ1n) is 8.15. The highest BCUT2D eigenvalue weighted by molar-refractivity contribution is 5.85. The number of nitrogens with zero attached hydrogens (tertiary/aromatic N) is 1. The maximum atomic E-state index is 12.6. The number of nitrogens with one attached hydrogen (secondary N) is 1. The second kappa shape index (κ2) is 5.13. The molecule has 2 aliphatic heterocycles. The fraction of sp³-hybridized carbons (Fsp3) is 0.500. The summed E-state index contributed by atoms with van der Waals surface area (Å²) in [6.45, 7) is 3.20. The minimum atomic E-state index is -0.191. The van der Waals surface area contributed by atoms with Crippen molar-refractivity contribution >= 4 is 16.9 Å². The van der Waals surface area contributed by atoms with Crippen LogP contribution in [0.4, 0.5) is 0 Å². The molecule has 2 aliphatic rings. The van der Waals surface area contributed by atoms with Gasteiger partial charge in [-0.2, -0.15) is 0 Å². The number of hydrogen-bond donors (Lipinski definition) is 1. The van der Waals surface area contributed by atoms with E-state index in [2.05, 4.69) is 41.1 Å². The molecule has 0 amide bonds. The minimum Gasteiger partial charge on any atom is -0.467 e. The van der Waals surface area contributed by atoms with Crippen LogP contribution in [0.1, 0.15) is 37.5 Å². The number of esters is 1. The van der Waals surface area contributed by atoms with Crippen molar-refractivity contribution in [1.82, 2.24) is 9.88 Å². The molecule has 2 aromatic rings. The Kier molecular flexibility index (Phi) is 3.22. The number of benzene rings is 1. The van der Waals surface area contributed by atoms with Crippen LogP contribution in [0, 0.1) is 11.8 Å². The van der Waals surface area contributed by atoms with Gasteiger partial charge in [-0.25, -0.2) is 4.79 Å². The summed E-state index contributed by atoms with van der Waals surface area (Å²) >= 11 is 0. The zero-order chi connectivity index (χ0) is 15.3. The number of rotatable bonds is 2. The average Bonchev–Trinajstić information content (AvgIpc) is 2.95. The Labute approximate surface area is 130 Å². The van der Waals surface area contributed by atoms with Crippen molar-refractivity contribution in [3.63, 3.8) is 0 Å². The first-order valence-corrected chi connectivity index (χ1v) is 8.15. The third-order valence-electron chi connectivity index (χ3n) is 5.53. The molecule has 0 spiro atoms. The van der Waals surface area contributed by atoms with Crippen molar-refractivity contribution in [2.45, 2.75) is 31.8 Å². The maximum Gasteiger partial charge on any atom is 0.329 e. The number of piperidine rings is 1. The lowest BCUT2D eigenvalue weighted by atomic mass is 9.74. The van der Waals surface area contributed by atoms with Gasteiger partial charge in [0.1, 0.15) is 6.04 Å². The molecule has 0 radical (unpaired) electrons. The molecule has 0 saturated carbocycles. The van der Waals surface area contributed by atoms with E-state index in [9.17, 15) is 4.79 Å². The molecule has 4 rings (SSSR count). The Morgan fingerprint density at radius 2 is 2.23 bits per heavy atom. The highest BCUT2D eigenvalue weighted by Crippen LogP contribution is 2.47. The van der Waals surface area contributed by atoms with Crippen LogP contribution in [0.15, 0.2) is 30.3 Å². The number of fused-ring (bicyclic) bond motifs is 6. The molecule has 0 aliphatic carbocycles. The number of hydrogen-bond acceptors (Lipinski definition) is 3. The summed E-state index contributed by atoms with van der Waals surface area (Å²) in [7, 11) is 1.50. The smallest absolute Gasteiger partial charge is 0.329 e. The molecule has 3 heterocycles. The van der Waals surface area contributed by atoms with Crippen LogP contribution in [0.2, 0.25) is 0 Å². The predicted octanol–water partition coefficient (Wildman–Crippen LogP) is 3.05. The van der Waals surface area contributed by atoms with Crippen LogP contribution in [-0.2, 0) is 9.53 Å². The van der Waals surface area contributed by atoms with E-state index in [-0.39, 0.29) is 12.0 Å². The van der Waals surface area contributed by atoms with E-state index in [1.54, 1.807) is 0 Å². The SMILES string of the molecule is CCC1CN[C@H]2C[C@@H]1[C@H](C(=O)OC)n1c2cc2ccccc21. The number of carbonyl (C=O) groups excluding carboxylic acids is 1. The van der Waals surface area contributed by atoms with Crippen LogP contribution < -0.4 is 5.32 Å². The second-order valence-electron chi connectivity index (χ2n) is 6.49. The predicted molar refractivity (Wildman–Crippen MR) is 85.6 cm³/mol. The van der Waals surface area contributed by atoms with Crippen molar-refractivity contribution in [2.24, 2.45) is 11.8 Å². The van der Waals surface area contributed by atoms with Gasteiger partial charge in [0.2, 0.25) is 0 Å². The Morgan fingerprint density at radius 1 is 1.41 bits per heavy atom. The van der Waals surface area contributed by atoms with Crippen molar-refractivity contribution in [3.05, 3.63) is 36.0 Å². The lowest BCUT2D eigenvalue weighted by Gasteiger charge is -2.45. The maximum absolute atomic E-state index is 12.6. The van der Waals surface area contributed by atoms with Crippen LogP contribution >= 0.6 is 0 Å². The second-order valence-corrected chi connectivity index (χ2v) is 6.49. The Balaban J connectivity index is 1.94. The summed E-state index contributed by atoms with van der Waals surface area (Å²) in [5.41, 5.74) is 2.36. The van der Waals surface area contributed by atoms with E-state index in [4.69, 9.17) is 4.74 Å². The number of methoxy groups -OCH3 is 1. The van der Waals surface area contributed by atoms with E-state index in [1.165, 1.54) is 18.2 Å². The van der Waals surface area contributed by atoms with Crippen LogP contribution in [0.25, 0.3) is 10.9 Å². The number of para-hydroxylation sites is 1. The average molecular weight is 298 g/mol. The molecule has 4 atom stereocenters. The third-order valence-corrected chi connectivity index (χ3v) is 5.53.